The zero-order valence-corrected chi connectivity index (χ0v) is 10.3. The molecule has 0 aliphatic rings. The zero-order valence-electron chi connectivity index (χ0n) is 9.55. The van der Waals surface area contributed by atoms with Gasteiger partial charge in [0, 0.05) is 5.88 Å². The predicted molar refractivity (Wildman–Crippen MR) is 58.7 cm³/mol. The lowest BCUT2D eigenvalue weighted by molar-refractivity contribution is -0.274. The van der Waals surface area contributed by atoms with Crippen LogP contribution in [0.1, 0.15) is 21.5 Å². The van der Waals surface area contributed by atoms with E-state index in [4.69, 9.17) is 16.9 Å². The molecule has 0 bridgehead atoms. The van der Waals surface area contributed by atoms with Crippen molar-refractivity contribution in [3.05, 3.63) is 28.8 Å². The summed E-state index contributed by atoms with van der Waals surface area (Å²) in [6, 6.07) is 3.87. The van der Waals surface area contributed by atoms with Gasteiger partial charge in [0.15, 0.2) is 5.75 Å². The number of carbonyl (C=O) groups is 1. The second-order valence-electron chi connectivity index (χ2n) is 3.26. The summed E-state index contributed by atoms with van der Waals surface area (Å²) < 4.78 is 45.1. The van der Waals surface area contributed by atoms with E-state index >= 15 is 0 Å². The summed E-state index contributed by atoms with van der Waals surface area (Å²) >= 11 is 5.54. The average Bonchev–Trinajstić information content (AvgIpc) is 2.35. The standard InChI is InChI=1S/C11H7ClF3NO3/c1-18-10(17)8-6(4-12)2-3-7(5-16)9(8)19-11(13,14)15/h2-3H,4H2,1H3. The molecule has 0 amide bonds. The zero-order chi connectivity index (χ0) is 14.6. The monoisotopic (exact) mass is 293 g/mol. The molecule has 0 radical (unpaired) electrons. The van der Waals surface area contributed by atoms with E-state index in [0.717, 1.165) is 13.2 Å². The van der Waals surface area contributed by atoms with Gasteiger partial charge in [0.25, 0.3) is 0 Å². The third-order valence-electron chi connectivity index (χ3n) is 2.12. The smallest absolute Gasteiger partial charge is 0.465 e. The molecule has 102 valence electrons. The van der Waals surface area contributed by atoms with Crippen molar-refractivity contribution in [3.8, 4) is 11.8 Å². The molecule has 4 nitrogen and oxygen atoms in total. The third kappa shape index (κ3) is 3.51. The maximum absolute atomic E-state index is 12.3. The van der Waals surface area contributed by atoms with Gasteiger partial charge in [-0.3, -0.25) is 0 Å². The Hall–Kier alpha value is -1.94. The summed E-state index contributed by atoms with van der Waals surface area (Å²) in [6.45, 7) is 0. The molecule has 0 spiro atoms. The fourth-order valence-electron chi connectivity index (χ4n) is 1.37. The molecule has 0 aromatic heterocycles. The van der Waals surface area contributed by atoms with E-state index in [1.54, 1.807) is 0 Å². The first-order valence-electron chi connectivity index (χ1n) is 4.80. The maximum atomic E-state index is 12.3. The molecule has 0 aliphatic heterocycles. The number of rotatable bonds is 3. The number of nitrogens with zero attached hydrogens (tertiary/aromatic N) is 1. The first-order chi connectivity index (χ1) is 8.84. The number of carbonyl (C=O) groups excluding carboxylic acids is 1. The van der Waals surface area contributed by atoms with Crippen molar-refractivity contribution in [1.82, 2.24) is 0 Å². The normalized spacial score (nSPS) is 10.7. The number of methoxy groups -OCH3 is 1. The number of alkyl halides is 4. The van der Waals surface area contributed by atoms with Gasteiger partial charge in [0.05, 0.1) is 12.7 Å². The van der Waals surface area contributed by atoms with Crippen LogP contribution in [0.4, 0.5) is 13.2 Å². The Bertz CT molecular complexity index is 537. The summed E-state index contributed by atoms with van der Waals surface area (Å²) in [5.41, 5.74) is -0.868. The van der Waals surface area contributed by atoms with Gasteiger partial charge < -0.3 is 9.47 Å². The fourth-order valence-corrected chi connectivity index (χ4v) is 1.59. The Morgan fingerprint density at radius 2 is 2.11 bits per heavy atom. The molecule has 0 unspecified atom stereocenters. The number of benzene rings is 1. The van der Waals surface area contributed by atoms with Crippen LogP contribution < -0.4 is 4.74 Å². The van der Waals surface area contributed by atoms with E-state index in [0.29, 0.717) is 0 Å². The van der Waals surface area contributed by atoms with Crippen LogP contribution in [-0.2, 0) is 10.6 Å². The molecule has 1 aromatic rings. The molecule has 1 rings (SSSR count). The van der Waals surface area contributed by atoms with Crippen molar-refractivity contribution in [3.63, 3.8) is 0 Å². The lowest BCUT2D eigenvalue weighted by Gasteiger charge is -2.15. The van der Waals surface area contributed by atoms with Crippen molar-refractivity contribution < 1.29 is 27.4 Å². The summed E-state index contributed by atoms with van der Waals surface area (Å²) in [6.07, 6.45) is -5.04. The molecule has 1 aromatic carbocycles. The Labute approximate surface area is 111 Å². The summed E-state index contributed by atoms with van der Waals surface area (Å²) in [5.74, 6) is -2.20. The topological polar surface area (TPSA) is 59.3 Å². The van der Waals surface area contributed by atoms with E-state index in [1.165, 1.54) is 12.1 Å². The summed E-state index contributed by atoms with van der Waals surface area (Å²) in [5, 5.41) is 8.78. The lowest BCUT2D eigenvalue weighted by atomic mass is 10.0. The Balaban J connectivity index is 3.53. The maximum Gasteiger partial charge on any atom is 0.573 e. The number of hydrogen-bond acceptors (Lipinski definition) is 4. The highest BCUT2D eigenvalue weighted by Crippen LogP contribution is 2.33. The van der Waals surface area contributed by atoms with Gasteiger partial charge >= 0.3 is 12.3 Å². The number of halogens is 4. The van der Waals surface area contributed by atoms with E-state index < -0.39 is 29.2 Å². The van der Waals surface area contributed by atoms with Gasteiger partial charge in [-0.1, -0.05) is 6.07 Å². The SMILES string of the molecule is COC(=O)c1c(CCl)ccc(C#N)c1OC(F)(F)F. The number of ether oxygens (including phenoxy) is 2. The Morgan fingerprint density at radius 3 is 2.53 bits per heavy atom. The van der Waals surface area contributed by atoms with E-state index in [-0.39, 0.29) is 11.4 Å². The number of nitriles is 1. The van der Waals surface area contributed by atoms with E-state index in [1.807, 2.05) is 0 Å². The van der Waals surface area contributed by atoms with Crippen LogP contribution in [0, 0.1) is 11.3 Å². The molecule has 0 aliphatic carbocycles. The lowest BCUT2D eigenvalue weighted by Crippen LogP contribution is -2.21. The average molecular weight is 294 g/mol. The Kier molecular flexibility index (Phi) is 4.62. The minimum atomic E-state index is -5.04. The van der Waals surface area contributed by atoms with Gasteiger partial charge in [0.2, 0.25) is 0 Å². The van der Waals surface area contributed by atoms with Crippen molar-refractivity contribution in [2.24, 2.45) is 0 Å². The van der Waals surface area contributed by atoms with Gasteiger partial charge in [-0.05, 0) is 11.6 Å². The van der Waals surface area contributed by atoms with Crippen LogP contribution in [0.15, 0.2) is 12.1 Å². The van der Waals surface area contributed by atoms with Crippen LogP contribution in [-0.4, -0.2) is 19.4 Å². The first kappa shape index (κ1) is 15.1. The second kappa shape index (κ2) is 5.80. The highest BCUT2D eigenvalue weighted by Gasteiger charge is 2.35. The number of esters is 1. The molecule has 8 heteroatoms. The highest BCUT2D eigenvalue weighted by atomic mass is 35.5. The van der Waals surface area contributed by atoms with E-state index in [9.17, 15) is 18.0 Å². The van der Waals surface area contributed by atoms with Crippen LogP contribution in [0.3, 0.4) is 0 Å². The first-order valence-corrected chi connectivity index (χ1v) is 5.33. The van der Waals surface area contributed by atoms with Crippen molar-refractivity contribution in [1.29, 1.82) is 5.26 Å². The molecule has 0 N–H and O–H groups in total. The minimum Gasteiger partial charge on any atom is -0.465 e. The second-order valence-corrected chi connectivity index (χ2v) is 3.53. The van der Waals surface area contributed by atoms with Crippen molar-refractivity contribution in [2.75, 3.05) is 7.11 Å². The molecular weight excluding hydrogens is 287 g/mol. The molecule has 0 saturated heterocycles. The minimum absolute atomic E-state index is 0.0757. The highest BCUT2D eigenvalue weighted by molar-refractivity contribution is 6.17. The van der Waals surface area contributed by atoms with E-state index in [2.05, 4.69) is 9.47 Å². The van der Waals surface area contributed by atoms with Crippen molar-refractivity contribution in [2.45, 2.75) is 12.2 Å². The predicted octanol–water partition coefficient (Wildman–Crippen LogP) is 2.98. The van der Waals surface area contributed by atoms with Crippen LogP contribution in [0.25, 0.3) is 0 Å². The van der Waals surface area contributed by atoms with Crippen LogP contribution >= 0.6 is 11.6 Å². The van der Waals surface area contributed by atoms with Crippen LogP contribution in [0.2, 0.25) is 0 Å². The quantitative estimate of drug-likeness (QED) is 0.635. The van der Waals surface area contributed by atoms with Crippen LogP contribution in [0.5, 0.6) is 5.75 Å². The summed E-state index contributed by atoms with van der Waals surface area (Å²) in [7, 11) is 0.997. The van der Waals surface area contributed by atoms with Gasteiger partial charge in [0.1, 0.15) is 11.6 Å². The Morgan fingerprint density at radius 1 is 1.47 bits per heavy atom. The summed E-state index contributed by atoms with van der Waals surface area (Å²) in [4.78, 5) is 11.5. The third-order valence-corrected chi connectivity index (χ3v) is 2.40. The molecule has 19 heavy (non-hydrogen) atoms. The molecule has 0 fully saturated rings. The van der Waals surface area contributed by atoms with Gasteiger partial charge in [-0.25, -0.2) is 4.79 Å². The van der Waals surface area contributed by atoms with Gasteiger partial charge in [-0.15, -0.1) is 24.8 Å². The molecule has 0 heterocycles. The number of hydrogen-bond donors (Lipinski definition) is 0. The molecular formula is C11H7ClF3NO3. The molecule has 0 saturated carbocycles. The fraction of sp³-hybridized carbons (Fsp3) is 0.273. The van der Waals surface area contributed by atoms with Crippen molar-refractivity contribution >= 4 is 17.6 Å². The largest absolute Gasteiger partial charge is 0.573 e. The van der Waals surface area contributed by atoms with Gasteiger partial charge in [-0.2, -0.15) is 5.26 Å². The molecule has 0 atom stereocenters.